The number of aliphatic imine (C=N–C) groups is 1. The first kappa shape index (κ1) is 15.2. The van der Waals surface area contributed by atoms with Gasteiger partial charge in [-0.3, -0.25) is 14.7 Å². The molecule has 1 aliphatic heterocycles. The maximum Gasteiger partial charge on any atom is 0.327 e. The summed E-state index contributed by atoms with van der Waals surface area (Å²) in [6, 6.07) is -1.12. The van der Waals surface area contributed by atoms with E-state index in [4.69, 9.17) is 10.8 Å². The van der Waals surface area contributed by atoms with Crippen LogP contribution >= 0.6 is 0 Å². The maximum absolute atomic E-state index is 11.8. The minimum atomic E-state index is -1.01. The van der Waals surface area contributed by atoms with Crippen LogP contribution in [0.15, 0.2) is 4.99 Å². The summed E-state index contributed by atoms with van der Waals surface area (Å²) < 4.78 is 0. The number of hydrogen-bond acceptors (Lipinski definition) is 4. The smallest absolute Gasteiger partial charge is 0.327 e. The van der Waals surface area contributed by atoms with E-state index in [0.717, 1.165) is 6.42 Å². The summed E-state index contributed by atoms with van der Waals surface area (Å²) in [6.07, 6.45) is 1.38. The molecule has 0 radical (unpaired) electrons. The lowest BCUT2D eigenvalue weighted by Crippen LogP contribution is -2.61. The van der Waals surface area contributed by atoms with Crippen LogP contribution < -0.4 is 16.4 Å². The van der Waals surface area contributed by atoms with Gasteiger partial charge in [-0.2, -0.15) is 0 Å². The fourth-order valence-corrected chi connectivity index (χ4v) is 2.01. The Morgan fingerprint density at radius 3 is 2.89 bits per heavy atom. The molecular formula is C11H21N5O3. The Kier molecular flexibility index (Phi) is 5.56. The number of nitrogens with two attached hydrogens (primary N) is 1. The zero-order chi connectivity index (χ0) is 14.4. The molecule has 0 aliphatic carbocycles. The molecule has 5 N–H and O–H groups in total. The predicted molar refractivity (Wildman–Crippen MR) is 70.8 cm³/mol. The monoisotopic (exact) mass is 271 g/mol. The summed E-state index contributed by atoms with van der Waals surface area (Å²) in [4.78, 5) is 28.2. The molecule has 1 saturated heterocycles. The molecule has 0 spiro atoms. The highest BCUT2D eigenvalue weighted by Gasteiger charge is 2.34. The summed E-state index contributed by atoms with van der Waals surface area (Å²) in [5, 5.41) is 14.3. The molecule has 0 saturated carbocycles. The normalized spacial score (nSPS) is 24.9. The number of carboxylic acid groups (broad SMARTS) is 1. The van der Waals surface area contributed by atoms with Crippen molar-refractivity contribution in [3.8, 4) is 0 Å². The lowest BCUT2D eigenvalue weighted by molar-refractivity contribution is -0.146. The molecule has 0 aromatic heterocycles. The van der Waals surface area contributed by atoms with Gasteiger partial charge in [-0.25, -0.2) is 4.79 Å². The average Bonchev–Trinajstić information content (AvgIpc) is 2.36. The van der Waals surface area contributed by atoms with Gasteiger partial charge in [-0.05, 0) is 19.9 Å². The molecule has 8 nitrogen and oxygen atoms in total. The molecule has 8 heteroatoms. The number of amides is 1. The van der Waals surface area contributed by atoms with Crippen LogP contribution in [0.4, 0.5) is 0 Å². The quantitative estimate of drug-likeness (QED) is 0.266. The minimum Gasteiger partial charge on any atom is -0.480 e. The zero-order valence-corrected chi connectivity index (χ0v) is 11.2. The minimum absolute atomic E-state index is 0.238. The number of piperazine rings is 1. The molecule has 0 aromatic carbocycles. The van der Waals surface area contributed by atoms with E-state index in [9.17, 15) is 9.59 Å². The number of carbonyl (C=O) groups excluding carboxylic acids is 1. The Morgan fingerprint density at radius 2 is 2.37 bits per heavy atom. The second-order valence-electron chi connectivity index (χ2n) is 4.53. The third kappa shape index (κ3) is 4.40. The van der Waals surface area contributed by atoms with Crippen molar-refractivity contribution in [2.45, 2.75) is 24.9 Å². The van der Waals surface area contributed by atoms with Gasteiger partial charge in [-0.15, -0.1) is 0 Å². The van der Waals surface area contributed by atoms with E-state index in [1.807, 2.05) is 0 Å². The second kappa shape index (κ2) is 6.93. The fraction of sp³-hybridized carbons (Fsp3) is 0.727. The highest BCUT2D eigenvalue weighted by atomic mass is 16.4. The zero-order valence-electron chi connectivity index (χ0n) is 11.2. The van der Waals surface area contributed by atoms with Crippen molar-refractivity contribution in [2.24, 2.45) is 10.7 Å². The third-order valence-electron chi connectivity index (χ3n) is 3.12. The van der Waals surface area contributed by atoms with E-state index < -0.39 is 12.0 Å². The number of carbonyl (C=O) groups is 2. The van der Waals surface area contributed by atoms with Crippen LogP contribution in [0.3, 0.4) is 0 Å². The molecular weight excluding hydrogens is 250 g/mol. The summed E-state index contributed by atoms with van der Waals surface area (Å²) >= 11 is 0. The number of nitrogens with zero attached hydrogens (tertiary/aromatic N) is 2. The highest BCUT2D eigenvalue weighted by molar-refractivity contribution is 5.88. The molecule has 0 aromatic rings. The molecule has 1 rings (SSSR count). The summed E-state index contributed by atoms with van der Waals surface area (Å²) in [6.45, 7) is 0.945. The first-order valence-electron chi connectivity index (χ1n) is 6.15. The lowest BCUT2D eigenvalue weighted by Gasteiger charge is -2.35. The number of guanidine groups is 1. The largest absolute Gasteiger partial charge is 0.480 e. The van der Waals surface area contributed by atoms with Gasteiger partial charge in [0.05, 0.1) is 6.04 Å². The van der Waals surface area contributed by atoms with Gasteiger partial charge in [-0.1, -0.05) is 0 Å². The number of likely N-dealkylation sites (N-methyl/N-ethyl adjacent to an activating group) is 1. The van der Waals surface area contributed by atoms with Crippen LogP contribution in [-0.2, 0) is 9.59 Å². The molecule has 0 bridgehead atoms. The van der Waals surface area contributed by atoms with Crippen molar-refractivity contribution in [3.63, 3.8) is 0 Å². The van der Waals surface area contributed by atoms with Gasteiger partial charge >= 0.3 is 5.97 Å². The van der Waals surface area contributed by atoms with Gasteiger partial charge < -0.3 is 21.5 Å². The van der Waals surface area contributed by atoms with Crippen LogP contribution in [0.1, 0.15) is 12.8 Å². The van der Waals surface area contributed by atoms with E-state index >= 15 is 0 Å². The van der Waals surface area contributed by atoms with Gasteiger partial charge in [0.15, 0.2) is 5.96 Å². The lowest BCUT2D eigenvalue weighted by atomic mass is 10.0. The molecule has 1 fully saturated rings. The van der Waals surface area contributed by atoms with E-state index in [2.05, 4.69) is 15.6 Å². The number of aliphatic carboxylic acids is 1. The Bertz CT molecular complexity index is 371. The molecule has 1 amide bonds. The SMILES string of the molecule is CN=C(N)NCCCC1C(=O)NC(C(=O)O)CN1C. The molecule has 108 valence electrons. The molecule has 1 aliphatic rings. The van der Waals surface area contributed by atoms with Crippen LogP contribution in [-0.4, -0.2) is 67.1 Å². The van der Waals surface area contributed by atoms with Crippen molar-refractivity contribution in [2.75, 3.05) is 27.2 Å². The number of rotatable bonds is 5. The Morgan fingerprint density at radius 1 is 1.68 bits per heavy atom. The molecule has 19 heavy (non-hydrogen) atoms. The fourth-order valence-electron chi connectivity index (χ4n) is 2.01. The average molecular weight is 271 g/mol. The van der Waals surface area contributed by atoms with Crippen LogP contribution in [0, 0.1) is 0 Å². The van der Waals surface area contributed by atoms with Crippen molar-refractivity contribution in [1.29, 1.82) is 0 Å². The van der Waals surface area contributed by atoms with Crippen molar-refractivity contribution < 1.29 is 14.7 Å². The third-order valence-corrected chi connectivity index (χ3v) is 3.12. The summed E-state index contributed by atoms with van der Waals surface area (Å²) in [7, 11) is 3.35. The Balaban J connectivity index is 2.38. The molecule has 1 heterocycles. The Labute approximate surface area is 112 Å². The predicted octanol–water partition coefficient (Wildman–Crippen LogP) is -1.82. The number of carboxylic acids is 1. The number of nitrogens with one attached hydrogen (secondary N) is 2. The maximum atomic E-state index is 11.8. The van der Waals surface area contributed by atoms with E-state index in [1.54, 1.807) is 19.0 Å². The number of hydrogen-bond donors (Lipinski definition) is 4. The van der Waals surface area contributed by atoms with E-state index in [-0.39, 0.29) is 11.9 Å². The van der Waals surface area contributed by atoms with Gasteiger partial charge in [0, 0.05) is 20.1 Å². The topological polar surface area (TPSA) is 120 Å². The van der Waals surface area contributed by atoms with Gasteiger partial charge in [0.2, 0.25) is 5.91 Å². The highest BCUT2D eigenvalue weighted by Crippen LogP contribution is 2.11. The molecule has 2 atom stereocenters. The standard InChI is InChI=1S/C11H21N5O3/c1-13-11(12)14-5-3-4-8-9(17)15-7(10(18)19)6-16(8)2/h7-8H,3-6H2,1-2H3,(H,15,17)(H,18,19)(H3,12,13,14). The van der Waals surface area contributed by atoms with Crippen LogP contribution in [0.5, 0.6) is 0 Å². The van der Waals surface area contributed by atoms with Crippen LogP contribution in [0.2, 0.25) is 0 Å². The molecule has 2 unspecified atom stereocenters. The van der Waals surface area contributed by atoms with Gasteiger partial charge in [0.25, 0.3) is 0 Å². The second-order valence-corrected chi connectivity index (χ2v) is 4.53. The first-order chi connectivity index (χ1) is 8.95. The van der Waals surface area contributed by atoms with Crippen molar-refractivity contribution in [3.05, 3.63) is 0 Å². The summed E-state index contributed by atoms with van der Waals surface area (Å²) in [5.41, 5.74) is 5.48. The summed E-state index contributed by atoms with van der Waals surface area (Å²) in [5.74, 6) is -0.877. The van der Waals surface area contributed by atoms with Gasteiger partial charge in [0.1, 0.15) is 6.04 Å². The Hall–Kier alpha value is -1.83. The first-order valence-corrected chi connectivity index (χ1v) is 6.15. The van der Waals surface area contributed by atoms with Crippen molar-refractivity contribution >= 4 is 17.8 Å². The van der Waals surface area contributed by atoms with E-state index in [1.165, 1.54) is 0 Å². The van der Waals surface area contributed by atoms with Crippen LogP contribution in [0.25, 0.3) is 0 Å². The van der Waals surface area contributed by atoms with E-state index in [0.29, 0.717) is 25.5 Å². The van der Waals surface area contributed by atoms with Crippen molar-refractivity contribution in [1.82, 2.24) is 15.5 Å².